The molecule has 3 aliphatic carbocycles. The molecule has 0 aromatic rings. The highest BCUT2D eigenvalue weighted by Gasteiger charge is 2.67. The van der Waals surface area contributed by atoms with Crippen molar-refractivity contribution in [2.24, 2.45) is 23.7 Å². The van der Waals surface area contributed by atoms with Crippen molar-refractivity contribution in [3.8, 4) is 0 Å². The van der Waals surface area contributed by atoms with Crippen LogP contribution in [-0.4, -0.2) is 58.7 Å². The van der Waals surface area contributed by atoms with Crippen LogP contribution in [0.2, 0.25) is 57.4 Å². The number of ketones is 1. The number of rotatable bonds is 7. The first kappa shape index (κ1) is 33.1. The van der Waals surface area contributed by atoms with E-state index < -0.39 is 41.8 Å². The zero-order chi connectivity index (χ0) is 30.2. The highest BCUT2D eigenvalue weighted by Crippen LogP contribution is 2.61. The molecular formula is C31H58O5Si3. The SMILES string of the molecule is C[C@@H]1C[C@]2(O[Si](C)(C)C)CC(=O)C=C2[C@]2(O[Si](C)(C)C)[C@@H]([C@@H]1O[Si](C)(C)C(C)(C)C)[C@H](C(C)(C)O)C=C[C@H]2C. The van der Waals surface area contributed by atoms with Crippen LogP contribution < -0.4 is 0 Å². The molecule has 7 atom stereocenters. The Labute approximate surface area is 242 Å². The van der Waals surface area contributed by atoms with E-state index in [0.29, 0.717) is 12.8 Å². The van der Waals surface area contributed by atoms with E-state index in [9.17, 15) is 9.90 Å². The van der Waals surface area contributed by atoms with Crippen molar-refractivity contribution >= 4 is 30.7 Å². The van der Waals surface area contributed by atoms with Gasteiger partial charge in [-0.3, -0.25) is 4.79 Å². The van der Waals surface area contributed by atoms with E-state index in [2.05, 4.69) is 99.1 Å². The summed E-state index contributed by atoms with van der Waals surface area (Å²) >= 11 is 0. The van der Waals surface area contributed by atoms with Crippen LogP contribution in [0.1, 0.15) is 61.3 Å². The van der Waals surface area contributed by atoms with E-state index in [-0.39, 0.29) is 40.6 Å². The molecule has 0 heterocycles. The summed E-state index contributed by atoms with van der Waals surface area (Å²) in [6, 6.07) is 0. The lowest BCUT2D eigenvalue weighted by Gasteiger charge is -2.58. The molecule has 0 radical (unpaired) electrons. The Kier molecular flexibility index (Phi) is 8.61. The topological polar surface area (TPSA) is 65.0 Å². The maximum Gasteiger partial charge on any atom is 0.192 e. The summed E-state index contributed by atoms with van der Waals surface area (Å²) < 4.78 is 22.1. The molecule has 39 heavy (non-hydrogen) atoms. The largest absolute Gasteiger partial charge is 0.413 e. The van der Waals surface area contributed by atoms with Gasteiger partial charge in [0.1, 0.15) is 0 Å². The number of carbonyl (C=O) groups is 1. The van der Waals surface area contributed by atoms with Crippen LogP contribution >= 0.6 is 0 Å². The second-order valence-corrected chi connectivity index (χ2v) is 30.4. The van der Waals surface area contributed by atoms with Gasteiger partial charge in [-0.25, -0.2) is 0 Å². The van der Waals surface area contributed by atoms with Gasteiger partial charge in [0.05, 0.1) is 22.9 Å². The third kappa shape index (κ3) is 6.37. The van der Waals surface area contributed by atoms with Crippen LogP contribution in [0, 0.1) is 23.7 Å². The molecule has 0 amide bonds. The zero-order valence-corrected chi connectivity index (χ0v) is 30.6. The Morgan fingerprint density at radius 1 is 0.897 bits per heavy atom. The molecule has 5 nitrogen and oxygen atoms in total. The number of allylic oxidation sites excluding steroid dienone is 1. The Bertz CT molecular complexity index is 1010. The quantitative estimate of drug-likeness (QED) is 0.242. The molecule has 0 aromatic carbocycles. The first-order valence-corrected chi connectivity index (χ1v) is 24.7. The molecule has 224 valence electrons. The summed E-state index contributed by atoms with van der Waals surface area (Å²) in [6.45, 7) is 33.2. The smallest absolute Gasteiger partial charge is 0.192 e. The molecule has 1 fully saturated rings. The summed E-state index contributed by atoms with van der Waals surface area (Å²) in [4.78, 5) is 13.5. The molecule has 0 spiro atoms. The predicted octanol–water partition coefficient (Wildman–Crippen LogP) is 7.71. The van der Waals surface area contributed by atoms with E-state index >= 15 is 0 Å². The van der Waals surface area contributed by atoms with Gasteiger partial charge in [-0.2, -0.15) is 0 Å². The highest BCUT2D eigenvalue weighted by atomic mass is 28.4. The van der Waals surface area contributed by atoms with Gasteiger partial charge in [-0.1, -0.05) is 46.8 Å². The molecule has 8 heteroatoms. The summed E-state index contributed by atoms with van der Waals surface area (Å²) in [5.41, 5.74) is -1.52. The fourth-order valence-corrected chi connectivity index (χ4v) is 11.5. The molecule has 1 saturated carbocycles. The lowest BCUT2D eigenvalue weighted by molar-refractivity contribution is -0.124. The molecule has 1 N–H and O–H groups in total. The molecule has 3 rings (SSSR count). The first-order chi connectivity index (χ1) is 17.3. The highest BCUT2D eigenvalue weighted by molar-refractivity contribution is 6.74. The predicted molar refractivity (Wildman–Crippen MR) is 169 cm³/mol. The van der Waals surface area contributed by atoms with Crippen molar-refractivity contribution in [2.45, 2.75) is 142 Å². The summed E-state index contributed by atoms with van der Waals surface area (Å²) in [7, 11) is -6.50. The fraction of sp³-hybridized carbons (Fsp3) is 0.839. The zero-order valence-electron chi connectivity index (χ0n) is 27.6. The molecular weight excluding hydrogens is 537 g/mol. The van der Waals surface area contributed by atoms with Gasteiger partial charge >= 0.3 is 0 Å². The van der Waals surface area contributed by atoms with Crippen LogP contribution in [0.5, 0.6) is 0 Å². The van der Waals surface area contributed by atoms with Crippen LogP contribution in [0.3, 0.4) is 0 Å². The van der Waals surface area contributed by atoms with Gasteiger partial charge in [0.15, 0.2) is 30.7 Å². The number of hydrogen-bond acceptors (Lipinski definition) is 5. The third-order valence-electron chi connectivity index (χ3n) is 9.44. The average molecular weight is 595 g/mol. The van der Waals surface area contributed by atoms with E-state index in [1.807, 2.05) is 19.9 Å². The summed E-state index contributed by atoms with van der Waals surface area (Å²) in [5.74, 6) is -0.159. The van der Waals surface area contributed by atoms with Crippen LogP contribution in [0.15, 0.2) is 23.8 Å². The molecule has 0 bridgehead atoms. The Morgan fingerprint density at radius 3 is 1.90 bits per heavy atom. The summed E-state index contributed by atoms with van der Waals surface area (Å²) in [5, 5.41) is 11.8. The monoisotopic (exact) mass is 594 g/mol. The minimum atomic E-state index is -2.22. The summed E-state index contributed by atoms with van der Waals surface area (Å²) in [6.07, 6.45) is 7.23. The second kappa shape index (κ2) is 10.1. The molecule has 0 saturated heterocycles. The number of aliphatic hydroxyl groups is 1. The second-order valence-electron chi connectivity index (χ2n) is 16.8. The molecule has 0 aromatic heterocycles. The van der Waals surface area contributed by atoms with Crippen LogP contribution in [0.4, 0.5) is 0 Å². The van der Waals surface area contributed by atoms with E-state index in [0.717, 1.165) is 5.57 Å². The maximum atomic E-state index is 13.5. The van der Waals surface area contributed by atoms with Crippen molar-refractivity contribution in [2.75, 3.05) is 0 Å². The van der Waals surface area contributed by atoms with Crippen molar-refractivity contribution in [1.29, 1.82) is 0 Å². The normalized spacial score (nSPS) is 36.4. The molecule has 0 unspecified atom stereocenters. The molecule has 3 aliphatic rings. The van der Waals surface area contributed by atoms with Crippen molar-refractivity contribution < 1.29 is 23.2 Å². The van der Waals surface area contributed by atoms with E-state index in [4.69, 9.17) is 13.3 Å². The standard InChI is InChI=1S/C31H58O5Si3/c1-21-19-30(35-37(8,9)10)20-23(32)18-25(30)31(36-38(11,12)13)22(2)16-17-24(29(6,7)33)26(31)27(21)34-39(14,15)28(3,4)5/h16-18,21-22,24,26-27,33H,19-20H2,1-15H3/t21-,22-,24-,26-,27-,30+,31+/m1/s1. The van der Waals surface area contributed by atoms with Gasteiger partial charge < -0.3 is 18.4 Å². The third-order valence-corrected chi connectivity index (χ3v) is 15.9. The number of fused-ring (bicyclic) bond motifs is 3. The number of carbonyl (C=O) groups excluding carboxylic acids is 1. The Balaban J connectivity index is 2.46. The van der Waals surface area contributed by atoms with Crippen LogP contribution in [-0.2, 0) is 18.1 Å². The Morgan fingerprint density at radius 2 is 1.44 bits per heavy atom. The lowest BCUT2D eigenvalue weighted by atomic mass is 9.58. The van der Waals surface area contributed by atoms with Crippen molar-refractivity contribution in [1.82, 2.24) is 0 Å². The lowest BCUT2D eigenvalue weighted by Crippen LogP contribution is -2.65. The van der Waals surface area contributed by atoms with Gasteiger partial charge in [-0.05, 0) is 95.2 Å². The van der Waals surface area contributed by atoms with E-state index in [1.165, 1.54) is 0 Å². The van der Waals surface area contributed by atoms with Crippen molar-refractivity contribution in [3.05, 3.63) is 23.8 Å². The van der Waals surface area contributed by atoms with Gasteiger partial charge in [0.25, 0.3) is 0 Å². The minimum Gasteiger partial charge on any atom is -0.413 e. The van der Waals surface area contributed by atoms with Crippen LogP contribution in [0.25, 0.3) is 0 Å². The maximum absolute atomic E-state index is 13.5. The molecule has 0 aliphatic heterocycles. The Hall–Kier alpha value is -0.359. The minimum absolute atomic E-state index is 0.00889. The fourth-order valence-electron chi connectivity index (χ4n) is 7.18. The first-order valence-electron chi connectivity index (χ1n) is 15.0. The average Bonchev–Trinajstić information content (AvgIpc) is 2.95. The van der Waals surface area contributed by atoms with Gasteiger partial charge in [0, 0.05) is 24.2 Å². The number of hydrogen-bond donors (Lipinski definition) is 1. The van der Waals surface area contributed by atoms with Gasteiger partial charge in [0.2, 0.25) is 0 Å². The van der Waals surface area contributed by atoms with Gasteiger partial charge in [-0.15, -0.1) is 0 Å². The van der Waals surface area contributed by atoms with Crippen molar-refractivity contribution in [3.63, 3.8) is 0 Å². The van der Waals surface area contributed by atoms with E-state index in [1.54, 1.807) is 0 Å².